The Bertz CT molecular complexity index is 1280. The minimum atomic E-state index is -0.802. The molecule has 3 aromatic carbocycles. The Balaban J connectivity index is 1.98. The van der Waals surface area contributed by atoms with E-state index in [1.807, 2.05) is 39.0 Å². The molecule has 3 aromatic rings. The monoisotopic (exact) mass is 475 g/mol. The third kappa shape index (κ3) is 4.08. The number of Topliss-reactive ketones (excluding diaryl/α,β-unsaturated/α-hetero) is 1. The number of ether oxygens (including phenoxy) is 1. The van der Waals surface area contributed by atoms with Crippen LogP contribution in [0.25, 0.3) is 5.76 Å². The van der Waals surface area contributed by atoms with E-state index >= 15 is 0 Å². The normalized spacial score (nSPS) is 17.5. The van der Waals surface area contributed by atoms with Gasteiger partial charge in [0.05, 0.1) is 18.7 Å². The molecule has 1 N–H and O–H groups in total. The van der Waals surface area contributed by atoms with Crippen molar-refractivity contribution in [3.63, 3.8) is 0 Å². The van der Waals surface area contributed by atoms with Crippen LogP contribution in [0.1, 0.15) is 48.1 Å². The van der Waals surface area contributed by atoms with Gasteiger partial charge in [-0.1, -0.05) is 55.8 Å². The number of halogens is 1. The summed E-state index contributed by atoms with van der Waals surface area (Å²) in [7, 11) is 1.60. The molecule has 6 heteroatoms. The van der Waals surface area contributed by atoms with E-state index in [9.17, 15) is 14.7 Å². The van der Waals surface area contributed by atoms with Gasteiger partial charge >= 0.3 is 0 Å². The van der Waals surface area contributed by atoms with Crippen LogP contribution in [0.3, 0.4) is 0 Å². The second kappa shape index (κ2) is 9.35. The SMILES string of the molecule is COc1cc(C)c(/C(O)=C2\C(=O)C(=O)N(c3ccccc3)C2c2ccc(Cl)cc2)cc1C(C)C. The number of methoxy groups -OCH3 is 1. The number of amides is 1. The molecule has 174 valence electrons. The van der Waals surface area contributed by atoms with Crippen LogP contribution in [-0.2, 0) is 9.59 Å². The second-order valence-corrected chi connectivity index (χ2v) is 9.06. The zero-order valence-electron chi connectivity index (χ0n) is 19.5. The lowest BCUT2D eigenvalue weighted by atomic mass is 9.91. The maximum Gasteiger partial charge on any atom is 0.300 e. The molecule has 1 heterocycles. The summed E-state index contributed by atoms with van der Waals surface area (Å²) in [6.07, 6.45) is 0. The first-order chi connectivity index (χ1) is 16.2. The highest BCUT2D eigenvalue weighted by atomic mass is 35.5. The number of ketones is 1. The lowest BCUT2D eigenvalue weighted by Crippen LogP contribution is -2.29. The molecular formula is C28H26ClNO4. The Morgan fingerprint density at radius 1 is 1.03 bits per heavy atom. The van der Waals surface area contributed by atoms with E-state index in [2.05, 4.69) is 0 Å². The standard InChI is InChI=1S/C28H26ClNO4/c1-16(2)21-15-22(17(3)14-23(21)34-4)26(31)24-25(18-10-12-19(29)13-11-18)30(28(33)27(24)32)20-8-6-5-7-9-20/h5-16,25,31H,1-4H3/b26-24+. The molecule has 1 aliphatic rings. The number of nitrogens with zero attached hydrogens (tertiary/aromatic N) is 1. The summed E-state index contributed by atoms with van der Waals surface area (Å²) < 4.78 is 5.52. The Labute approximate surface area is 204 Å². The number of hydrogen-bond donors (Lipinski definition) is 1. The van der Waals surface area contributed by atoms with Gasteiger partial charge in [0.1, 0.15) is 11.5 Å². The number of rotatable bonds is 5. The average molecular weight is 476 g/mol. The second-order valence-electron chi connectivity index (χ2n) is 8.62. The Morgan fingerprint density at radius 2 is 1.68 bits per heavy atom. The van der Waals surface area contributed by atoms with E-state index in [-0.39, 0.29) is 17.3 Å². The summed E-state index contributed by atoms with van der Waals surface area (Å²) in [5.74, 6) is -0.798. The third-order valence-corrected chi connectivity index (χ3v) is 6.37. The van der Waals surface area contributed by atoms with Gasteiger partial charge in [0, 0.05) is 16.3 Å². The van der Waals surface area contributed by atoms with E-state index in [0.29, 0.717) is 27.6 Å². The number of aliphatic hydroxyl groups excluding tert-OH is 1. The molecule has 0 saturated carbocycles. The maximum atomic E-state index is 13.3. The lowest BCUT2D eigenvalue weighted by molar-refractivity contribution is -0.132. The number of hydrogen-bond acceptors (Lipinski definition) is 4. The highest BCUT2D eigenvalue weighted by Crippen LogP contribution is 2.43. The first-order valence-electron chi connectivity index (χ1n) is 11.0. The number of carbonyl (C=O) groups is 2. The quantitative estimate of drug-likeness (QED) is 0.263. The Kier molecular flexibility index (Phi) is 6.49. The first kappa shape index (κ1) is 23.6. The van der Waals surface area contributed by atoms with Crippen molar-refractivity contribution in [3.8, 4) is 5.75 Å². The summed E-state index contributed by atoms with van der Waals surface area (Å²) in [5.41, 5.74) is 3.41. The van der Waals surface area contributed by atoms with E-state index in [0.717, 1.165) is 11.1 Å². The molecule has 1 amide bonds. The molecule has 1 atom stereocenters. The Hall–Kier alpha value is -3.57. The minimum Gasteiger partial charge on any atom is -0.507 e. The van der Waals surface area contributed by atoms with Crippen molar-refractivity contribution in [2.24, 2.45) is 0 Å². The molecule has 0 bridgehead atoms. The van der Waals surface area contributed by atoms with Crippen molar-refractivity contribution in [1.82, 2.24) is 0 Å². The van der Waals surface area contributed by atoms with Crippen LogP contribution < -0.4 is 9.64 Å². The lowest BCUT2D eigenvalue weighted by Gasteiger charge is -2.25. The number of benzene rings is 3. The van der Waals surface area contributed by atoms with E-state index in [1.165, 1.54) is 4.90 Å². The smallest absolute Gasteiger partial charge is 0.300 e. The first-order valence-corrected chi connectivity index (χ1v) is 11.4. The van der Waals surface area contributed by atoms with E-state index in [1.54, 1.807) is 55.6 Å². The predicted octanol–water partition coefficient (Wildman–Crippen LogP) is 6.41. The fourth-order valence-corrected chi connectivity index (χ4v) is 4.50. The average Bonchev–Trinajstić information content (AvgIpc) is 3.09. The number of aliphatic hydroxyl groups is 1. The molecule has 1 aliphatic heterocycles. The van der Waals surface area contributed by atoms with Crippen molar-refractivity contribution >= 4 is 34.7 Å². The van der Waals surface area contributed by atoms with Gasteiger partial charge in [-0.05, 0) is 65.9 Å². The van der Waals surface area contributed by atoms with Gasteiger partial charge in [-0.25, -0.2) is 0 Å². The van der Waals surface area contributed by atoms with Gasteiger partial charge in [-0.2, -0.15) is 0 Å². The van der Waals surface area contributed by atoms with Gasteiger partial charge in [0.25, 0.3) is 11.7 Å². The molecule has 5 nitrogen and oxygen atoms in total. The van der Waals surface area contributed by atoms with Crippen LogP contribution >= 0.6 is 11.6 Å². The molecule has 0 radical (unpaired) electrons. The highest BCUT2D eigenvalue weighted by Gasteiger charge is 2.47. The molecule has 4 rings (SSSR count). The molecule has 0 aliphatic carbocycles. The van der Waals surface area contributed by atoms with Crippen molar-refractivity contribution in [2.75, 3.05) is 12.0 Å². The van der Waals surface area contributed by atoms with Crippen LogP contribution in [0.2, 0.25) is 5.02 Å². The topological polar surface area (TPSA) is 66.8 Å². The van der Waals surface area contributed by atoms with Crippen LogP contribution in [0.5, 0.6) is 5.75 Å². The van der Waals surface area contributed by atoms with Gasteiger partial charge in [0.2, 0.25) is 0 Å². The molecule has 0 aromatic heterocycles. The van der Waals surface area contributed by atoms with Gasteiger partial charge in [0.15, 0.2) is 0 Å². The van der Waals surface area contributed by atoms with Gasteiger partial charge < -0.3 is 9.84 Å². The van der Waals surface area contributed by atoms with Crippen molar-refractivity contribution in [3.05, 3.63) is 99.6 Å². The Morgan fingerprint density at radius 3 is 2.26 bits per heavy atom. The van der Waals surface area contributed by atoms with E-state index in [4.69, 9.17) is 16.3 Å². The van der Waals surface area contributed by atoms with Crippen LogP contribution in [0.15, 0.2) is 72.3 Å². The molecular weight excluding hydrogens is 450 g/mol. The summed E-state index contributed by atoms with van der Waals surface area (Å²) in [5, 5.41) is 12.1. The predicted molar refractivity (Wildman–Crippen MR) is 134 cm³/mol. The molecule has 1 saturated heterocycles. The van der Waals surface area contributed by atoms with Crippen molar-refractivity contribution in [1.29, 1.82) is 0 Å². The molecule has 1 fully saturated rings. The largest absolute Gasteiger partial charge is 0.507 e. The molecule has 1 unspecified atom stereocenters. The number of anilines is 1. The van der Waals surface area contributed by atoms with Gasteiger partial charge in [-0.3, -0.25) is 14.5 Å². The number of carbonyl (C=O) groups excluding carboxylic acids is 2. The number of aryl methyl sites for hydroxylation is 1. The van der Waals surface area contributed by atoms with Crippen molar-refractivity contribution < 1.29 is 19.4 Å². The van der Waals surface area contributed by atoms with Gasteiger partial charge in [-0.15, -0.1) is 0 Å². The summed E-state index contributed by atoms with van der Waals surface area (Å²) in [6, 6.07) is 18.8. The van der Waals surface area contributed by atoms with Crippen LogP contribution in [-0.4, -0.2) is 23.9 Å². The third-order valence-electron chi connectivity index (χ3n) is 6.12. The van der Waals surface area contributed by atoms with Crippen molar-refractivity contribution in [2.45, 2.75) is 32.7 Å². The minimum absolute atomic E-state index is 0.0409. The van der Waals surface area contributed by atoms with E-state index < -0.39 is 17.7 Å². The fourth-order valence-electron chi connectivity index (χ4n) is 4.37. The zero-order valence-corrected chi connectivity index (χ0v) is 20.3. The zero-order chi connectivity index (χ0) is 24.6. The summed E-state index contributed by atoms with van der Waals surface area (Å²) >= 11 is 6.10. The molecule has 34 heavy (non-hydrogen) atoms. The maximum absolute atomic E-state index is 13.3. The summed E-state index contributed by atoms with van der Waals surface area (Å²) in [6.45, 7) is 5.89. The summed E-state index contributed by atoms with van der Waals surface area (Å²) in [4.78, 5) is 28.0. The van der Waals surface area contributed by atoms with Crippen LogP contribution in [0.4, 0.5) is 5.69 Å². The fraction of sp³-hybridized carbons (Fsp3) is 0.214. The number of para-hydroxylation sites is 1. The molecule has 0 spiro atoms. The van der Waals surface area contributed by atoms with Crippen LogP contribution in [0, 0.1) is 6.92 Å². The highest BCUT2D eigenvalue weighted by molar-refractivity contribution is 6.51.